The Morgan fingerprint density at radius 3 is 2.96 bits per heavy atom. The molecule has 0 amide bonds. The molecule has 0 radical (unpaired) electrons. The first-order valence-electron chi connectivity index (χ1n) is 8.72. The molecule has 0 spiro atoms. The van der Waals surface area contributed by atoms with Gasteiger partial charge in [0.2, 0.25) is 0 Å². The number of rotatable bonds is 5. The van der Waals surface area contributed by atoms with Crippen LogP contribution in [-0.4, -0.2) is 33.9 Å². The molecule has 0 saturated heterocycles. The number of imidazole rings is 1. The number of pyridine rings is 1. The predicted octanol–water partition coefficient (Wildman–Crippen LogP) is 3.61. The minimum atomic E-state index is 0.697. The van der Waals surface area contributed by atoms with Crippen LogP contribution in [0.3, 0.4) is 0 Å². The summed E-state index contributed by atoms with van der Waals surface area (Å²) in [5.41, 5.74) is 5.53. The van der Waals surface area contributed by atoms with Crippen LogP contribution in [-0.2, 0) is 6.42 Å². The molecule has 28 heavy (non-hydrogen) atoms. The molecule has 0 aliphatic rings. The van der Waals surface area contributed by atoms with E-state index in [2.05, 4.69) is 34.8 Å². The molecule has 5 aromatic heterocycles. The Hall–Kier alpha value is -3.59. The van der Waals surface area contributed by atoms with Crippen LogP contribution in [0.25, 0.3) is 16.9 Å². The third-order valence-corrected chi connectivity index (χ3v) is 5.04. The van der Waals surface area contributed by atoms with E-state index in [1.165, 1.54) is 11.5 Å². The fourth-order valence-corrected chi connectivity index (χ4v) is 3.72. The number of anilines is 2. The van der Waals surface area contributed by atoms with Crippen LogP contribution in [0.2, 0.25) is 0 Å². The summed E-state index contributed by atoms with van der Waals surface area (Å²) in [6, 6.07) is 7.92. The molecular weight excluding hydrogens is 372 g/mol. The van der Waals surface area contributed by atoms with E-state index < -0.39 is 0 Å². The highest BCUT2D eigenvalue weighted by atomic mass is 32.1. The molecule has 5 heterocycles. The van der Waals surface area contributed by atoms with Crippen molar-refractivity contribution in [3.05, 3.63) is 72.3 Å². The standard InChI is InChI=1S/C19H16N8S/c1-12-11-27-16(13-8-22-23-9-13)10-21-19(27)18(24-12)25-17-7-15(26-28-17)6-14-4-2-3-5-20-14/h2-5,7-11H,6H2,1H3,(H,22,23)(H,24,25). The number of fused-ring (bicyclic) bond motifs is 1. The van der Waals surface area contributed by atoms with Gasteiger partial charge in [-0.1, -0.05) is 6.07 Å². The van der Waals surface area contributed by atoms with Crippen LogP contribution in [0.1, 0.15) is 17.1 Å². The minimum absolute atomic E-state index is 0.697. The fraction of sp³-hybridized carbons (Fsp3) is 0.105. The number of H-pyrrole nitrogens is 1. The van der Waals surface area contributed by atoms with Crippen molar-refractivity contribution in [3.8, 4) is 11.3 Å². The smallest absolute Gasteiger partial charge is 0.180 e. The maximum atomic E-state index is 4.63. The van der Waals surface area contributed by atoms with Gasteiger partial charge in [-0.3, -0.25) is 14.5 Å². The topological polar surface area (TPSA) is 96.7 Å². The molecule has 5 rings (SSSR count). The SMILES string of the molecule is Cc1cn2c(-c3cn[nH]c3)cnc2c(Nc2cc(Cc3ccccn3)ns2)n1. The van der Waals surface area contributed by atoms with E-state index in [4.69, 9.17) is 0 Å². The second-order valence-corrected chi connectivity index (χ2v) is 7.17. The van der Waals surface area contributed by atoms with E-state index in [1.54, 1.807) is 12.4 Å². The number of nitrogens with zero attached hydrogens (tertiary/aromatic N) is 6. The summed E-state index contributed by atoms with van der Waals surface area (Å²) in [6.45, 7) is 1.96. The number of aromatic amines is 1. The van der Waals surface area contributed by atoms with E-state index in [-0.39, 0.29) is 0 Å². The van der Waals surface area contributed by atoms with Crippen LogP contribution >= 0.6 is 11.5 Å². The molecule has 0 atom stereocenters. The van der Waals surface area contributed by atoms with Crippen molar-refractivity contribution < 1.29 is 0 Å². The van der Waals surface area contributed by atoms with E-state index in [0.29, 0.717) is 12.2 Å². The van der Waals surface area contributed by atoms with E-state index in [0.717, 1.165) is 39.0 Å². The lowest BCUT2D eigenvalue weighted by molar-refractivity contribution is 1.04. The Kier molecular flexibility index (Phi) is 4.06. The van der Waals surface area contributed by atoms with Gasteiger partial charge in [-0.25, -0.2) is 9.97 Å². The molecule has 2 N–H and O–H groups in total. The Morgan fingerprint density at radius 1 is 1.18 bits per heavy atom. The Bertz CT molecular complexity index is 1220. The average Bonchev–Trinajstić information content (AvgIpc) is 3.43. The second-order valence-electron chi connectivity index (χ2n) is 6.36. The maximum Gasteiger partial charge on any atom is 0.180 e. The monoisotopic (exact) mass is 388 g/mol. The van der Waals surface area contributed by atoms with Crippen molar-refractivity contribution in [2.45, 2.75) is 13.3 Å². The largest absolute Gasteiger partial charge is 0.328 e. The highest BCUT2D eigenvalue weighted by Crippen LogP contribution is 2.27. The molecular formula is C19H16N8S. The first kappa shape index (κ1) is 16.6. The molecule has 0 unspecified atom stereocenters. The van der Waals surface area contributed by atoms with Gasteiger partial charge in [-0.2, -0.15) is 9.47 Å². The Balaban J connectivity index is 1.46. The third kappa shape index (κ3) is 3.12. The number of nitrogens with one attached hydrogen (secondary N) is 2. The molecule has 9 heteroatoms. The summed E-state index contributed by atoms with van der Waals surface area (Å²) < 4.78 is 6.55. The van der Waals surface area contributed by atoms with Gasteiger partial charge < -0.3 is 5.32 Å². The van der Waals surface area contributed by atoms with Crippen molar-refractivity contribution in [1.29, 1.82) is 0 Å². The zero-order valence-electron chi connectivity index (χ0n) is 15.0. The molecule has 0 saturated carbocycles. The van der Waals surface area contributed by atoms with Crippen molar-refractivity contribution in [2.75, 3.05) is 5.32 Å². The average molecular weight is 388 g/mol. The van der Waals surface area contributed by atoms with E-state index >= 15 is 0 Å². The molecule has 0 bridgehead atoms. The van der Waals surface area contributed by atoms with Gasteiger partial charge in [0.05, 0.1) is 29.5 Å². The number of aryl methyl sites for hydroxylation is 1. The first-order valence-corrected chi connectivity index (χ1v) is 9.50. The van der Waals surface area contributed by atoms with E-state index in [9.17, 15) is 0 Å². The molecule has 0 aromatic carbocycles. The lowest BCUT2D eigenvalue weighted by Gasteiger charge is -2.07. The van der Waals surface area contributed by atoms with Crippen LogP contribution in [0.15, 0.2) is 55.2 Å². The fourth-order valence-electron chi connectivity index (χ4n) is 3.06. The van der Waals surface area contributed by atoms with Gasteiger partial charge in [-0.05, 0) is 36.7 Å². The normalized spacial score (nSPS) is 11.2. The van der Waals surface area contributed by atoms with Gasteiger partial charge in [0.15, 0.2) is 11.5 Å². The van der Waals surface area contributed by atoms with Gasteiger partial charge in [0.25, 0.3) is 0 Å². The summed E-state index contributed by atoms with van der Waals surface area (Å²) in [7, 11) is 0. The quantitative estimate of drug-likeness (QED) is 0.477. The second kappa shape index (κ2) is 6.86. The summed E-state index contributed by atoms with van der Waals surface area (Å²) in [5, 5.41) is 11.2. The van der Waals surface area contributed by atoms with Crippen molar-refractivity contribution in [3.63, 3.8) is 0 Å². The summed E-state index contributed by atoms with van der Waals surface area (Å²) >= 11 is 1.40. The molecule has 0 aliphatic heterocycles. The molecule has 5 aromatic rings. The third-order valence-electron chi connectivity index (χ3n) is 4.30. The minimum Gasteiger partial charge on any atom is -0.328 e. The predicted molar refractivity (Wildman–Crippen MR) is 108 cm³/mol. The molecule has 8 nitrogen and oxygen atoms in total. The van der Waals surface area contributed by atoms with Crippen LogP contribution < -0.4 is 5.32 Å². The Morgan fingerprint density at radius 2 is 2.14 bits per heavy atom. The zero-order valence-corrected chi connectivity index (χ0v) is 15.8. The maximum absolute atomic E-state index is 4.63. The van der Waals surface area contributed by atoms with Crippen LogP contribution in [0.4, 0.5) is 10.8 Å². The van der Waals surface area contributed by atoms with Crippen LogP contribution in [0, 0.1) is 6.92 Å². The van der Waals surface area contributed by atoms with E-state index in [1.807, 2.05) is 54.2 Å². The van der Waals surface area contributed by atoms with Crippen molar-refractivity contribution in [1.82, 2.24) is 33.9 Å². The lowest BCUT2D eigenvalue weighted by atomic mass is 10.2. The van der Waals surface area contributed by atoms with Crippen LogP contribution in [0.5, 0.6) is 0 Å². The Labute approximate surface area is 164 Å². The summed E-state index contributed by atoms with van der Waals surface area (Å²) in [4.78, 5) is 13.5. The van der Waals surface area contributed by atoms with Gasteiger partial charge in [0, 0.05) is 36.3 Å². The molecule has 0 fully saturated rings. The molecule has 138 valence electrons. The van der Waals surface area contributed by atoms with Crippen molar-refractivity contribution in [2.24, 2.45) is 0 Å². The van der Waals surface area contributed by atoms with Gasteiger partial charge >= 0.3 is 0 Å². The van der Waals surface area contributed by atoms with Gasteiger partial charge in [0.1, 0.15) is 5.00 Å². The number of hydrogen-bond donors (Lipinski definition) is 2. The highest BCUT2D eigenvalue weighted by molar-refractivity contribution is 7.10. The number of hydrogen-bond acceptors (Lipinski definition) is 7. The van der Waals surface area contributed by atoms with Crippen molar-refractivity contribution >= 4 is 28.0 Å². The lowest BCUT2D eigenvalue weighted by Crippen LogP contribution is -2.00. The molecule has 0 aliphatic carbocycles. The first-order chi connectivity index (χ1) is 13.8. The number of aromatic nitrogens is 7. The summed E-state index contributed by atoms with van der Waals surface area (Å²) in [6.07, 6.45) is 9.91. The summed E-state index contributed by atoms with van der Waals surface area (Å²) in [5.74, 6) is 0.697. The van der Waals surface area contributed by atoms with Gasteiger partial charge in [-0.15, -0.1) is 0 Å². The zero-order chi connectivity index (χ0) is 18.9. The highest BCUT2D eigenvalue weighted by Gasteiger charge is 2.14.